The number of imidazole rings is 1. The average molecular weight is 614 g/mol. The van der Waals surface area contributed by atoms with E-state index in [2.05, 4.69) is 22.2 Å². The lowest BCUT2D eigenvalue weighted by atomic mass is 9.45. The van der Waals surface area contributed by atoms with Crippen LogP contribution in [0.25, 0.3) is 0 Å². The van der Waals surface area contributed by atoms with Gasteiger partial charge in [0.05, 0.1) is 26.0 Å². The van der Waals surface area contributed by atoms with E-state index in [-0.39, 0.29) is 61.1 Å². The lowest BCUT2D eigenvalue weighted by Crippen LogP contribution is -2.62. The van der Waals surface area contributed by atoms with Crippen LogP contribution in [0.4, 0.5) is 0 Å². The van der Waals surface area contributed by atoms with Crippen LogP contribution < -0.4 is 5.32 Å². The smallest absolute Gasteiger partial charge is 0.328 e. The van der Waals surface area contributed by atoms with Gasteiger partial charge in [0.2, 0.25) is 11.7 Å². The number of nitrogens with one attached hydrogen (secondary N) is 2. The van der Waals surface area contributed by atoms with E-state index < -0.39 is 53.4 Å². The number of ketones is 2. The van der Waals surface area contributed by atoms with Crippen molar-refractivity contribution < 1.29 is 43.7 Å². The van der Waals surface area contributed by atoms with Gasteiger partial charge in [-0.2, -0.15) is 0 Å². The van der Waals surface area contributed by atoms with Crippen LogP contribution in [0.1, 0.15) is 77.3 Å². The number of aliphatic hydroxyl groups is 2. The first kappa shape index (κ1) is 32.0. The van der Waals surface area contributed by atoms with E-state index in [1.165, 1.54) is 19.6 Å². The van der Waals surface area contributed by atoms with Crippen LogP contribution in [-0.4, -0.2) is 81.1 Å². The van der Waals surface area contributed by atoms with Crippen molar-refractivity contribution in [1.82, 2.24) is 15.3 Å². The van der Waals surface area contributed by atoms with Crippen LogP contribution in [0.15, 0.2) is 24.2 Å². The third-order valence-electron chi connectivity index (χ3n) is 11.2. The number of nitrogens with zero attached hydrogens (tertiary/aromatic N) is 1. The van der Waals surface area contributed by atoms with E-state index >= 15 is 0 Å². The van der Waals surface area contributed by atoms with Crippen LogP contribution in [0.5, 0.6) is 0 Å². The number of carbonyl (C=O) groups excluding carboxylic acids is 5. The number of amides is 1. The standard InChI is InChI=1S/C32H43N3O9/c1-30-10-8-20(36)12-18(30)4-5-21-22-9-11-32(42,31(22,2)14-24(37)28(21)30)25(38)16-44-27(40)7-6-26(39)35-23(29(41)43-3)13-19-15-33-17-34-19/h12,15,17,21-24,28,37,42H,4-11,13-14,16H2,1-3H3,(H,33,34)(H,35,39)/t21-,22-,23?,24-,28+,30-,31-,32-/m0/s1. The molecule has 44 heavy (non-hydrogen) atoms. The molecule has 0 spiro atoms. The second-order valence-corrected chi connectivity index (χ2v) is 13.5. The molecule has 1 heterocycles. The molecule has 8 atom stereocenters. The number of aromatic amines is 1. The summed E-state index contributed by atoms with van der Waals surface area (Å²) in [4.78, 5) is 69.4. The van der Waals surface area contributed by atoms with Gasteiger partial charge in [0.1, 0.15) is 11.6 Å². The van der Waals surface area contributed by atoms with Crippen molar-refractivity contribution in [3.05, 3.63) is 29.9 Å². The van der Waals surface area contributed by atoms with Gasteiger partial charge in [-0.15, -0.1) is 0 Å². The number of aliphatic hydroxyl groups excluding tert-OH is 1. The zero-order valence-corrected chi connectivity index (χ0v) is 25.6. The number of hydrogen-bond acceptors (Lipinski definition) is 10. The Morgan fingerprint density at radius 1 is 1.16 bits per heavy atom. The Balaban J connectivity index is 1.16. The summed E-state index contributed by atoms with van der Waals surface area (Å²) in [7, 11) is 1.21. The predicted octanol–water partition coefficient (Wildman–Crippen LogP) is 1.74. The summed E-state index contributed by atoms with van der Waals surface area (Å²) in [6.07, 6.45) is 7.31. The Bertz CT molecular complexity index is 1340. The molecule has 0 radical (unpaired) electrons. The van der Waals surface area contributed by atoms with Gasteiger partial charge in [0, 0.05) is 36.6 Å². The molecule has 12 nitrogen and oxygen atoms in total. The van der Waals surface area contributed by atoms with Crippen LogP contribution in [0, 0.1) is 28.6 Å². The molecule has 12 heteroatoms. The second-order valence-electron chi connectivity index (χ2n) is 13.5. The summed E-state index contributed by atoms with van der Waals surface area (Å²) in [6.45, 7) is 3.38. The molecular weight excluding hydrogens is 570 g/mol. The van der Waals surface area contributed by atoms with Crippen molar-refractivity contribution in [2.24, 2.45) is 28.6 Å². The number of methoxy groups -OCH3 is 1. The summed E-state index contributed by atoms with van der Waals surface area (Å²) in [6, 6.07) is -0.976. The normalized spacial score (nSPS) is 34.9. The molecular formula is C32H43N3O9. The fourth-order valence-electron chi connectivity index (χ4n) is 8.92. The number of aromatic nitrogens is 2. The van der Waals surface area contributed by atoms with Crippen LogP contribution in [0.2, 0.25) is 0 Å². The van der Waals surface area contributed by atoms with E-state index in [4.69, 9.17) is 9.47 Å². The molecule has 1 amide bonds. The molecule has 4 N–H and O–H groups in total. The van der Waals surface area contributed by atoms with Gasteiger partial charge in [-0.25, -0.2) is 9.78 Å². The highest BCUT2D eigenvalue weighted by atomic mass is 16.5. The second kappa shape index (κ2) is 12.2. The number of hydrogen-bond donors (Lipinski definition) is 4. The molecule has 240 valence electrons. The van der Waals surface area contributed by atoms with Gasteiger partial charge in [-0.1, -0.05) is 19.4 Å². The summed E-state index contributed by atoms with van der Waals surface area (Å²) in [5, 5.41) is 25.9. The summed E-state index contributed by atoms with van der Waals surface area (Å²) < 4.78 is 9.96. The maximum absolute atomic E-state index is 13.5. The number of allylic oxidation sites excluding steroid dienone is 1. The minimum Gasteiger partial charge on any atom is -0.467 e. The third kappa shape index (κ3) is 5.62. The SMILES string of the molecule is COC(=O)C(Cc1cnc[nH]1)NC(=O)CCC(=O)OCC(=O)[C@@]1(O)CC[C@H]2[C@@H]3CCC4=CC(=O)CC[C@]4(C)[C@H]3[C@@H](O)C[C@@]21C. The minimum atomic E-state index is -1.76. The van der Waals surface area contributed by atoms with E-state index in [1.807, 2.05) is 6.92 Å². The van der Waals surface area contributed by atoms with E-state index in [1.54, 1.807) is 6.08 Å². The number of esters is 2. The zero-order valence-electron chi connectivity index (χ0n) is 25.6. The molecule has 3 saturated carbocycles. The van der Waals surface area contributed by atoms with Gasteiger partial charge >= 0.3 is 11.9 Å². The average Bonchev–Trinajstić information content (AvgIpc) is 3.60. The summed E-state index contributed by atoms with van der Waals surface area (Å²) in [5.74, 6) is -2.41. The van der Waals surface area contributed by atoms with Gasteiger partial charge in [0.15, 0.2) is 12.4 Å². The molecule has 1 aromatic heterocycles. The van der Waals surface area contributed by atoms with Gasteiger partial charge < -0.3 is 30.0 Å². The summed E-state index contributed by atoms with van der Waals surface area (Å²) >= 11 is 0. The van der Waals surface area contributed by atoms with Crippen molar-refractivity contribution in [3.8, 4) is 0 Å². The van der Waals surface area contributed by atoms with E-state index in [9.17, 15) is 34.2 Å². The van der Waals surface area contributed by atoms with Gasteiger partial charge in [0.25, 0.3) is 0 Å². The van der Waals surface area contributed by atoms with Gasteiger partial charge in [-0.3, -0.25) is 19.2 Å². The topological polar surface area (TPSA) is 185 Å². The van der Waals surface area contributed by atoms with Crippen molar-refractivity contribution in [1.29, 1.82) is 0 Å². The number of ether oxygens (including phenoxy) is 2. The minimum absolute atomic E-state index is 0.00441. The van der Waals surface area contributed by atoms with Gasteiger partial charge in [-0.05, 0) is 67.8 Å². The monoisotopic (exact) mass is 613 g/mol. The predicted molar refractivity (Wildman–Crippen MR) is 154 cm³/mol. The highest BCUT2D eigenvalue weighted by Gasteiger charge is 2.68. The lowest BCUT2D eigenvalue weighted by Gasteiger charge is -2.60. The molecule has 5 rings (SSSR count). The fourth-order valence-corrected chi connectivity index (χ4v) is 8.92. The first-order valence-corrected chi connectivity index (χ1v) is 15.5. The molecule has 0 saturated heterocycles. The summed E-state index contributed by atoms with van der Waals surface area (Å²) in [5.41, 5.74) is -1.20. The van der Waals surface area contributed by atoms with Crippen molar-refractivity contribution >= 4 is 29.4 Å². The number of rotatable bonds is 10. The van der Waals surface area contributed by atoms with E-state index in [0.29, 0.717) is 25.0 Å². The van der Waals surface area contributed by atoms with Crippen molar-refractivity contribution in [3.63, 3.8) is 0 Å². The number of Topliss-reactive ketones (excluding diaryl/α,β-unsaturated/α-hetero) is 1. The Labute approximate surface area is 256 Å². The first-order valence-electron chi connectivity index (χ1n) is 15.5. The Hall–Kier alpha value is -3.38. The third-order valence-corrected chi connectivity index (χ3v) is 11.2. The molecule has 4 aliphatic carbocycles. The maximum Gasteiger partial charge on any atom is 0.328 e. The first-order chi connectivity index (χ1) is 20.8. The highest BCUT2D eigenvalue weighted by molar-refractivity contribution is 5.92. The molecule has 0 aliphatic heterocycles. The van der Waals surface area contributed by atoms with Crippen LogP contribution >= 0.6 is 0 Å². The largest absolute Gasteiger partial charge is 0.467 e. The quantitative estimate of drug-likeness (QED) is 0.283. The van der Waals surface area contributed by atoms with E-state index in [0.717, 1.165) is 18.4 Å². The number of fused-ring (bicyclic) bond motifs is 5. The Morgan fingerprint density at radius 2 is 1.93 bits per heavy atom. The van der Waals surface area contributed by atoms with Crippen molar-refractivity contribution in [2.75, 3.05) is 13.7 Å². The maximum atomic E-state index is 13.5. The number of carbonyl (C=O) groups is 5. The van der Waals surface area contributed by atoms with Crippen LogP contribution in [-0.2, 0) is 39.9 Å². The molecule has 1 unspecified atom stereocenters. The van der Waals surface area contributed by atoms with Crippen molar-refractivity contribution in [2.45, 2.75) is 95.8 Å². The molecule has 0 aromatic carbocycles. The fraction of sp³-hybridized carbons (Fsp3) is 0.688. The Kier molecular flexibility index (Phi) is 8.87. The van der Waals surface area contributed by atoms with Crippen LogP contribution in [0.3, 0.4) is 0 Å². The molecule has 0 bridgehead atoms. The molecule has 3 fully saturated rings. The number of H-pyrrole nitrogens is 1. The highest BCUT2D eigenvalue weighted by Crippen LogP contribution is 2.67. The lowest BCUT2D eigenvalue weighted by molar-refractivity contribution is -0.184. The molecule has 4 aliphatic rings. The molecule has 1 aromatic rings. The Morgan fingerprint density at radius 3 is 2.64 bits per heavy atom. The zero-order chi connectivity index (χ0) is 31.9.